The van der Waals surface area contributed by atoms with E-state index in [9.17, 15) is 4.79 Å². The summed E-state index contributed by atoms with van der Waals surface area (Å²) in [5, 5.41) is 2.99. The number of hydrogen-bond donors (Lipinski definition) is 2. The molecule has 0 fully saturated rings. The summed E-state index contributed by atoms with van der Waals surface area (Å²) in [5.41, 5.74) is 6.85. The molecule has 4 nitrogen and oxygen atoms in total. The lowest BCUT2D eigenvalue weighted by atomic mass is 10.0. The van der Waals surface area contributed by atoms with E-state index in [4.69, 9.17) is 28.5 Å². The highest BCUT2D eigenvalue weighted by molar-refractivity contribution is 6.32. The average Bonchev–Trinajstić information content (AvgIpc) is 2.44. The zero-order chi connectivity index (χ0) is 15.0. The van der Waals surface area contributed by atoms with Crippen molar-refractivity contribution in [2.24, 2.45) is 5.73 Å². The monoisotopic (exact) mass is 294 g/mol. The largest absolute Gasteiger partial charge is 0.482 e. The number of nitrogens with one attached hydrogen (secondary N) is 1. The maximum absolute atomic E-state index is 11.5. The molecule has 1 amide bonds. The molecule has 0 heterocycles. The number of terminal acetylenes is 1. The van der Waals surface area contributed by atoms with Crippen LogP contribution in [0.4, 0.5) is 0 Å². The summed E-state index contributed by atoms with van der Waals surface area (Å²) in [6, 6.07) is 5.49. The van der Waals surface area contributed by atoms with Gasteiger partial charge in [-0.2, -0.15) is 0 Å². The molecule has 0 aliphatic carbocycles. The van der Waals surface area contributed by atoms with Crippen molar-refractivity contribution >= 4 is 17.5 Å². The molecule has 1 atom stereocenters. The number of hydrogen-bond acceptors (Lipinski definition) is 3. The van der Waals surface area contributed by atoms with E-state index in [0.29, 0.717) is 17.2 Å². The van der Waals surface area contributed by atoms with Crippen molar-refractivity contribution in [2.45, 2.75) is 25.8 Å². The van der Waals surface area contributed by atoms with Gasteiger partial charge < -0.3 is 15.8 Å². The molecular formula is C15H19ClN2O2. The average molecular weight is 295 g/mol. The lowest BCUT2D eigenvalue weighted by Crippen LogP contribution is -2.29. The summed E-state index contributed by atoms with van der Waals surface area (Å²) < 4.78 is 5.50. The molecule has 1 aromatic rings. The first-order valence-corrected chi connectivity index (χ1v) is 6.82. The predicted molar refractivity (Wildman–Crippen MR) is 80.8 cm³/mol. The van der Waals surface area contributed by atoms with E-state index in [-0.39, 0.29) is 25.1 Å². The molecule has 20 heavy (non-hydrogen) atoms. The minimum absolute atomic E-state index is 0.0334. The second-order valence-electron chi connectivity index (χ2n) is 4.37. The van der Waals surface area contributed by atoms with E-state index >= 15 is 0 Å². The van der Waals surface area contributed by atoms with Crippen LogP contribution in [-0.4, -0.2) is 25.1 Å². The van der Waals surface area contributed by atoms with Crippen molar-refractivity contribution in [2.75, 3.05) is 13.2 Å². The summed E-state index contributed by atoms with van der Waals surface area (Å²) in [4.78, 5) is 11.5. The molecule has 0 aliphatic heterocycles. The minimum Gasteiger partial charge on any atom is -0.482 e. The molecule has 0 saturated heterocycles. The van der Waals surface area contributed by atoms with E-state index in [1.807, 2.05) is 19.1 Å². The zero-order valence-corrected chi connectivity index (χ0v) is 12.2. The molecule has 0 aliphatic rings. The topological polar surface area (TPSA) is 64.3 Å². The van der Waals surface area contributed by atoms with Gasteiger partial charge in [0.2, 0.25) is 0 Å². The molecule has 0 radical (unpaired) electrons. The summed E-state index contributed by atoms with van der Waals surface area (Å²) >= 11 is 6.11. The Balaban J connectivity index is 2.73. The fraction of sp³-hybridized carbons (Fsp3) is 0.400. The van der Waals surface area contributed by atoms with Gasteiger partial charge in [0.15, 0.2) is 6.61 Å². The van der Waals surface area contributed by atoms with Gasteiger partial charge in [-0.05, 0) is 24.5 Å². The van der Waals surface area contributed by atoms with E-state index in [2.05, 4.69) is 11.2 Å². The fourth-order valence-corrected chi connectivity index (χ4v) is 1.89. The predicted octanol–water partition coefficient (Wildman–Crippen LogP) is 1.75. The van der Waals surface area contributed by atoms with Crippen LogP contribution in [0.5, 0.6) is 5.75 Å². The number of rotatable bonds is 7. The van der Waals surface area contributed by atoms with Gasteiger partial charge >= 0.3 is 0 Å². The quantitative estimate of drug-likeness (QED) is 0.753. The molecule has 1 unspecified atom stereocenters. The van der Waals surface area contributed by atoms with Crippen molar-refractivity contribution in [3.8, 4) is 18.1 Å². The Hall–Kier alpha value is -1.70. The SMILES string of the molecule is C#CCNC(=O)COc1c(Cl)cccc1CC(N)CC. The highest BCUT2D eigenvalue weighted by atomic mass is 35.5. The third-order valence-electron chi connectivity index (χ3n) is 2.79. The van der Waals surface area contributed by atoms with Gasteiger partial charge in [0.1, 0.15) is 5.75 Å². The lowest BCUT2D eigenvalue weighted by Gasteiger charge is -2.15. The molecule has 0 saturated carbocycles. The van der Waals surface area contributed by atoms with Gasteiger partial charge in [0.05, 0.1) is 11.6 Å². The second kappa shape index (κ2) is 8.47. The normalized spacial score (nSPS) is 11.5. The number of amides is 1. The fourth-order valence-electron chi connectivity index (χ4n) is 1.64. The third-order valence-corrected chi connectivity index (χ3v) is 3.09. The highest BCUT2D eigenvalue weighted by Crippen LogP contribution is 2.29. The maximum atomic E-state index is 11.5. The number of ether oxygens (including phenoxy) is 1. The third kappa shape index (κ3) is 5.12. The Labute approximate surface area is 124 Å². The Kier molecular flexibility index (Phi) is 6.92. The van der Waals surface area contributed by atoms with Crippen LogP contribution >= 0.6 is 11.6 Å². The Morgan fingerprint density at radius 2 is 2.35 bits per heavy atom. The van der Waals surface area contributed by atoms with Crippen LogP contribution in [0, 0.1) is 12.3 Å². The number of carbonyl (C=O) groups is 1. The number of nitrogens with two attached hydrogens (primary N) is 1. The molecule has 0 aromatic heterocycles. The molecule has 1 rings (SSSR count). The van der Waals surface area contributed by atoms with Crippen molar-refractivity contribution in [1.82, 2.24) is 5.32 Å². The van der Waals surface area contributed by atoms with E-state index in [0.717, 1.165) is 12.0 Å². The number of benzene rings is 1. The van der Waals surface area contributed by atoms with Gasteiger partial charge in [-0.1, -0.05) is 36.6 Å². The summed E-state index contributed by atoms with van der Waals surface area (Å²) in [5.74, 6) is 2.55. The molecule has 0 bridgehead atoms. The van der Waals surface area contributed by atoms with Gasteiger partial charge in [0, 0.05) is 6.04 Å². The van der Waals surface area contributed by atoms with E-state index < -0.39 is 0 Å². The molecule has 3 N–H and O–H groups in total. The maximum Gasteiger partial charge on any atom is 0.258 e. The van der Waals surface area contributed by atoms with Crippen molar-refractivity contribution < 1.29 is 9.53 Å². The lowest BCUT2D eigenvalue weighted by molar-refractivity contribution is -0.122. The van der Waals surface area contributed by atoms with Gasteiger partial charge in [-0.25, -0.2) is 0 Å². The first kappa shape index (κ1) is 16.4. The first-order valence-electron chi connectivity index (χ1n) is 6.44. The molecule has 0 spiro atoms. The Morgan fingerprint density at radius 3 is 3.00 bits per heavy atom. The van der Waals surface area contributed by atoms with E-state index in [1.54, 1.807) is 6.07 Å². The van der Waals surface area contributed by atoms with Gasteiger partial charge in [-0.3, -0.25) is 4.79 Å². The smallest absolute Gasteiger partial charge is 0.258 e. The number of para-hydroxylation sites is 1. The highest BCUT2D eigenvalue weighted by Gasteiger charge is 2.12. The summed E-state index contributed by atoms with van der Waals surface area (Å²) in [6.07, 6.45) is 6.57. The van der Waals surface area contributed by atoms with Crippen LogP contribution in [0.3, 0.4) is 0 Å². The number of carbonyl (C=O) groups excluding carboxylic acids is 1. The van der Waals surface area contributed by atoms with Gasteiger partial charge in [0.25, 0.3) is 5.91 Å². The summed E-state index contributed by atoms with van der Waals surface area (Å²) in [6.45, 7) is 2.07. The van der Waals surface area contributed by atoms with Crippen molar-refractivity contribution in [3.05, 3.63) is 28.8 Å². The minimum atomic E-state index is -0.284. The van der Waals surface area contributed by atoms with Crippen molar-refractivity contribution in [1.29, 1.82) is 0 Å². The van der Waals surface area contributed by atoms with E-state index in [1.165, 1.54) is 0 Å². The van der Waals surface area contributed by atoms with Crippen LogP contribution in [0.25, 0.3) is 0 Å². The summed E-state index contributed by atoms with van der Waals surface area (Å²) in [7, 11) is 0. The van der Waals surface area contributed by atoms with Crippen LogP contribution in [0.15, 0.2) is 18.2 Å². The van der Waals surface area contributed by atoms with Gasteiger partial charge in [-0.15, -0.1) is 6.42 Å². The zero-order valence-electron chi connectivity index (χ0n) is 11.5. The molecular weight excluding hydrogens is 276 g/mol. The molecule has 1 aromatic carbocycles. The van der Waals surface area contributed by atoms with Crippen molar-refractivity contribution in [3.63, 3.8) is 0 Å². The van der Waals surface area contributed by atoms with Crippen LogP contribution in [0.1, 0.15) is 18.9 Å². The van der Waals surface area contributed by atoms with Crippen LogP contribution in [0.2, 0.25) is 5.02 Å². The van der Waals surface area contributed by atoms with Crippen LogP contribution in [-0.2, 0) is 11.2 Å². The number of halogens is 1. The molecule has 5 heteroatoms. The first-order chi connectivity index (χ1) is 9.58. The standard InChI is InChI=1S/C15H19ClN2O2/c1-3-8-18-14(19)10-20-15-11(9-12(17)4-2)6-5-7-13(15)16/h1,5-7,12H,4,8-10,17H2,2H3,(H,18,19). The Bertz CT molecular complexity index is 497. The second-order valence-corrected chi connectivity index (χ2v) is 4.78. The molecule has 108 valence electrons. The van der Waals surface area contributed by atoms with Crippen LogP contribution < -0.4 is 15.8 Å². The Morgan fingerprint density at radius 1 is 1.60 bits per heavy atom.